The summed E-state index contributed by atoms with van der Waals surface area (Å²) in [5.74, 6) is -1.07. The fraction of sp³-hybridized carbons (Fsp3) is 0.444. The van der Waals surface area contributed by atoms with Gasteiger partial charge in [-0.1, -0.05) is 0 Å². The zero-order valence-corrected chi connectivity index (χ0v) is 8.34. The predicted molar refractivity (Wildman–Crippen MR) is 51.5 cm³/mol. The van der Waals surface area contributed by atoms with Crippen molar-refractivity contribution in [3.63, 3.8) is 0 Å². The predicted octanol–water partition coefficient (Wildman–Crippen LogP) is -0.136. The maximum absolute atomic E-state index is 11.3. The van der Waals surface area contributed by atoms with E-state index in [1.807, 2.05) is 6.92 Å². The van der Waals surface area contributed by atoms with E-state index in [2.05, 4.69) is 4.98 Å². The number of carbonyl (C=O) groups is 1. The highest BCUT2D eigenvalue weighted by atomic mass is 16.5. The van der Waals surface area contributed by atoms with Crippen molar-refractivity contribution >= 4 is 5.97 Å². The molecule has 0 spiro atoms. The lowest BCUT2D eigenvalue weighted by Gasteiger charge is -2.03. The fourth-order valence-corrected chi connectivity index (χ4v) is 1.01. The summed E-state index contributed by atoms with van der Waals surface area (Å²) in [5, 5.41) is 8.49. The molecule has 1 heterocycles. The van der Waals surface area contributed by atoms with Crippen LogP contribution in [0, 0.1) is 0 Å². The molecule has 1 aromatic heterocycles. The van der Waals surface area contributed by atoms with Gasteiger partial charge in [-0.2, -0.15) is 0 Å². The zero-order chi connectivity index (χ0) is 11.3. The highest BCUT2D eigenvalue weighted by molar-refractivity contribution is 5.66. The Hall–Kier alpha value is -1.69. The van der Waals surface area contributed by atoms with E-state index in [1.54, 1.807) is 0 Å². The average molecular weight is 212 g/mol. The first-order chi connectivity index (χ1) is 7.13. The van der Waals surface area contributed by atoms with Crippen LogP contribution in [0.4, 0.5) is 0 Å². The van der Waals surface area contributed by atoms with E-state index in [0.29, 0.717) is 12.3 Å². The molecule has 0 unspecified atom stereocenters. The highest BCUT2D eigenvalue weighted by Gasteiger charge is 2.03. The van der Waals surface area contributed by atoms with Gasteiger partial charge in [0.15, 0.2) is 0 Å². The largest absolute Gasteiger partial charge is 0.480 e. The van der Waals surface area contributed by atoms with Crippen LogP contribution in [0.5, 0.6) is 0 Å². The van der Waals surface area contributed by atoms with Crippen LogP contribution in [0.25, 0.3) is 0 Å². The summed E-state index contributed by atoms with van der Waals surface area (Å²) < 4.78 is 6.09. The van der Waals surface area contributed by atoms with Crippen molar-refractivity contribution in [3.05, 3.63) is 28.4 Å². The lowest BCUT2D eigenvalue weighted by Crippen LogP contribution is -2.24. The van der Waals surface area contributed by atoms with E-state index in [0.717, 1.165) is 4.57 Å². The minimum absolute atomic E-state index is 0.264. The smallest absolute Gasteiger partial charge is 0.323 e. The molecule has 0 bridgehead atoms. The molecular formula is C9H12N2O4. The molecule has 0 aliphatic carbocycles. The molecule has 0 aliphatic rings. The molecule has 82 valence electrons. The molecule has 0 saturated carbocycles. The van der Waals surface area contributed by atoms with Gasteiger partial charge >= 0.3 is 5.97 Å². The number of aliphatic carboxylic acids is 1. The average Bonchev–Trinajstić information content (AvgIpc) is 2.18. The Bertz CT molecular complexity index is 399. The number of rotatable bonds is 5. The normalized spacial score (nSPS) is 10.2. The number of carboxylic acids is 1. The second kappa shape index (κ2) is 5.26. The summed E-state index contributed by atoms with van der Waals surface area (Å²) in [4.78, 5) is 25.6. The van der Waals surface area contributed by atoms with Crippen LogP contribution >= 0.6 is 0 Å². The van der Waals surface area contributed by atoms with E-state index < -0.39 is 5.97 Å². The van der Waals surface area contributed by atoms with Gasteiger partial charge in [-0.15, -0.1) is 0 Å². The molecule has 0 aromatic carbocycles. The van der Waals surface area contributed by atoms with Crippen molar-refractivity contribution in [2.24, 2.45) is 0 Å². The van der Waals surface area contributed by atoms with Crippen LogP contribution in [0.3, 0.4) is 0 Å². The van der Waals surface area contributed by atoms with Crippen molar-refractivity contribution in [2.45, 2.75) is 20.1 Å². The third-order valence-corrected chi connectivity index (χ3v) is 1.70. The topological polar surface area (TPSA) is 81.4 Å². The molecule has 1 N–H and O–H groups in total. The van der Waals surface area contributed by atoms with Crippen LogP contribution in [0.15, 0.2) is 17.2 Å². The van der Waals surface area contributed by atoms with Crippen molar-refractivity contribution in [3.8, 4) is 0 Å². The second-order valence-electron chi connectivity index (χ2n) is 2.88. The minimum atomic E-state index is -1.07. The molecule has 0 radical (unpaired) electrons. The first-order valence-electron chi connectivity index (χ1n) is 4.48. The van der Waals surface area contributed by atoms with Gasteiger partial charge in [0.1, 0.15) is 6.54 Å². The van der Waals surface area contributed by atoms with E-state index in [1.165, 1.54) is 12.4 Å². The third kappa shape index (κ3) is 3.51. The molecule has 6 heteroatoms. The molecule has 0 aliphatic heterocycles. The Morgan fingerprint density at radius 2 is 2.40 bits per heavy atom. The maximum atomic E-state index is 11.3. The van der Waals surface area contributed by atoms with E-state index in [4.69, 9.17) is 9.84 Å². The Morgan fingerprint density at radius 1 is 1.67 bits per heavy atom. The van der Waals surface area contributed by atoms with Crippen LogP contribution in [-0.2, 0) is 22.7 Å². The highest BCUT2D eigenvalue weighted by Crippen LogP contribution is 1.92. The van der Waals surface area contributed by atoms with Crippen LogP contribution < -0.4 is 5.56 Å². The Morgan fingerprint density at radius 3 is 2.93 bits per heavy atom. The summed E-state index contributed by atoms with van der Waals surface area (Å²) >= 11 is 0. The molecule has 0 saturated heterocycles. The van der Waals surface area contributed by atoms with Crippen molar-refractivity contribution in [1.82, 2.24) is 9.55 Å². The van der Waals surface area contributed by atoms with Crippen molar-refractivity contribution < 1.29 is 14.6 Å². The van der Waals surface area contributed by atoms with Gasteiger partial charge < -0.3 is 9.84 Å². The first kappa shape index (κ1) is 11.4. The van der Waals surface area contributed by atoms with Crippen LogP contribution in [-0.4, -0.2) is 27.2 Å². The van der Waals surface area contributed by atoms with Gasteiger partial charge in [0.25, 0.3) is 5.56 Å². The summed E-state index contributed by atoms with van der Waals surface area (Å²) in [5.41, 5.74) is 0.116. The molecule has 15 heavy (non-hydrogen) atoms. The monoisotopic (exact) mass is 212 g/mol. The summed E-state index contributed by atoms with van der Waals surface area (Å²) in [6.45, 7) is 2.27. The number of nitrogens with zero attached hydrogens (tertiary/aromatic N) is 2. The lowest BCUT2D eigenvalue weighted by molar-refractivity contribution is -0.137. The van der Waals surface area contributed by atoms with Gasteiger partial charge in [0, 0.05) is 12.7 Å². The Kier molecular flexibility index (Phi) is 3.99. The Labute approximate surface area is 86.1 Å². The third-order valence-electron chi connectivity index (χ3n) is 1.70. The SMILES string of the molecule is CCOCc1cc(=O)n(CC(=O)O)cn1. The first-order valence-corrected chi connectivity index (χ1v) is 4.48. The van der Waals surface area contributed by atoms with Gasteiger partial charge in [0.05, 0.1) is 18.6 Å². The zero-order valence-electron chi connectivity index (χ0n) is 8.34. The number of hydrogen-bond acceptors (Lipinski definition) is 4. The lowest BCUT2D eigenvalue weighted by atomic mass is 10.4. The number of ether oxygens (including phenoxy) is 1. The number of carboxylic acid groups (broad SMARTS) is 1. The summed E-state index contributed by atoms with van der Waals surface area (Å²) in [6.07, 6.45) is 1.21. The molecule has 0 atom stereocenters. The van der Waals surface area contributed by atoms with E-state index in [9.17, 15) is 9.59 Å². The maximum Gasteiger partial charge on any atom is 0.323 e. The van der Waals surface area contributed by atoms with Gasteiger partial charge in [-0.3, -0.25) is 14.2 Å². The van der Waals surface area contributed by atoms with Gasteiger partial charge in [-0.05, 0) is 6.92 Å². The second-order valence-corrected chi connectivity index (χ2v) is 2.88. The van der Waals surface area contributed by atoms with Crippen LogP contribution in [0.2, 0.25) is 0 Å². The summed E-state index contributed by atoms with van der Waals surface area (Å²) in [6, 6.07) is 1.28. The van der Waals surface area contributed by atoms with E-state index >= 15 is 0 Å². The fourth-order valence-electron chi connectivity index (χ4n) is 1.01. The molecular weight excluding hydrogens is 200 g/mol. The number of hydrogen-bond donors (Lipinski definition) is 1. The van der Waals surface area contributed by atoms with Crippen LogP contribution in [0.1, 0.15) is 12.6 Å². The van der Waals surface area contributed by atoms with Gasteiger partial charge in [-0.25, -0.2) is 4.98 Å². The standard InChI is InChI=1S/C9H12N2O4/c1-2-15-5-7-3-8(12)11(6-10-7)4-9(13)14/h3,6H,2,4-5H2,1H3,(H,13,14). The molecule has 6 nitrogen and oxygen atoms in total. The molecule has 1 aromatic rings. The quantitative estimate of drug-likeness (QED) is 0.734. The van der Waals surface area contributed by atoms with Crippen molar-refractivity contribution in [2.75, 3.05) is 6.61 Å². The minimum Gasteiger partial charge on any atom is -0.480 e. The number of aromatic nitrogens is 2. The van der Waals surface area contributed by atoms with Gasteiger partial charge in [0.2, 0.25) is 0 Å². The van der Waals surface area contributed by atoms with E-state index in [-0.39, 0.29) is 18.7 Å². The molecule has 0 fully saturated rings. The molecule has 0 amide bonds. The Balaban J connectivity index is 2.79. The van der Waals surface area contributed by atoms with Crippen molar-refractivity contribution in [1.29, 1.82) is 0 Å². The molecule has 1 rings (SSSR count). The summed E-state index contributed by atoms with van der Waals surface area (Å²) in [7, 11) is 0.